The fourth-order valence-electron chi connectivity index (χ4n) is 6.45. The number of morpholine rings is 1. The third-order valence-corrected chi connectivity index (χ3v) is 10.1. The molecule has 0 saturated carbocycles. The zero-order chi connectivity index (χ0) is 25.9. The maximum atomic E-state index is 14.2. The molecule has 4 aliphatic rings. The van der Waals surface area contributed by atoms with Crippen molar-refractivity contribution in [1.82, 2.24) is 14.7 Å². The number of aliphatic hydroxyl groups excluding tert-OH is 1. The van der Waals surface area contributed by atoms with Gasteiger partial charge >= 0.3 is 5.97 Å². The molecule has 0 aromatic rings. The third-order valence-electron chi connectivity index (χ3n) is 8.12. The average Bonchev–Trinajstić information content (AvgIpc) is 3.43. The van der Waals surface area contributed by atoms with Gasteiger partial charge in [-0.2, -0.15) is 0 Å². The first-order chi connectivity index (χ1) is 17.3. The third kappa shape index (κ3) is 4.73. The Kier molecular flexibility index (Phi) is 8.49. The number of fused-ring (bicyclic) bond motifs is 1. The van der Waals surface area contributed by atoms with Crippen LogP contribution in [0.15, 0.2) is 25.3 Å². The number of hydrogen-bond donors (Lipinski definition) is 1. The highest BCUT2D eigenvalue weighted by Crippen LogP contribution is 2.71. The Morgan fingerprint density at radius 1 is 1.25 bits per heavy atom. The molecule has 36 heavy (non-hydrogen) atoms. The Hall–Kier alpha value is -1.88. The molecule has 4 fully saturated rings. The fourth-order valence-corrected chi connectivity index (χ4v) is 8.79. The molecule has 4 rings (SSSR count). The van der Waals surface area contributed by atoms with E-state index < -0.39 is 27.4 Å². The first kappa shape index (κ1) is 27.2. The fraction of sp³-hybridized carbons (Fsp3) is 0.731. The van der Waals surface area contributed by atoms with E-state index in [4.69, 9.17) is 9.47 Å². The van der Waals surface area contributed by atoms with Crippen LogP contribution < -0.4 is 0 Å². The summed E-state index contributed by atoms with van der Waals surface area (Å²) in [6, 6.07) is -0.732. The molecule has 0 radical (unpaired) electrons. The van der Waals surface area contributed by atoms with Gasteiger partial charge in [-0.1, -0.05) is 12.2 Å². The molecule has 10 heteroatoms. The van der Waals surface area contributed by atoms with E-state index in [1.807, 2.05) is 6.92 Å². The maximum absolute atomic E-state index is 14.2. The van der Waals surface area contributed by atoms with Crippen LogP contribution >= 0.6 is 11.8 Å². The molecule has 0 aromatic heterocycles. The van der Waals surface area contributed by atoms with Gasteiger partial charge in [-0.3, -0.25) is 19.3 Å². The number of β-amino-alcohol motifs (C(OH)–C–C–N with tert-alkyl or cyclic N) is 1. The minimum absolute atomic E-state index is 0.0639. The van der Waals surface area contributed by atoms with Gasteiger partial charge in [-0.15, -0.1) is 24.9 Å². The summed E-state index contributed by atoms with van der Waals surface area (Å²) in [7, 11) is 0. The van der Waals surface area contributed by atoms with E-state index in [1.54, 1.807) is 28.8 Å². The van der Waals surface area contributed by atoms with Gasteiger partial charge in [0.1, 0.15) is 6.04 Å². The number of aliphatic hydroxyl groups is 1. The van der Waals surface area contributed by atoms with Crippen LogP contribution in [-0.4, -0.2) is 119 Å². The second kappa shape index (κ2) is 11.2. The van der Waals surface area contributed by atoms with Crippen LogP contribution in [0.1, 0.15) is 26.2 Å². The number of esters is 1. The van der Waals surface area contributed by atoms with Crippen molar-refractivity contribution < 1.29 is 29.0 Å². The summed E-state index contributed by atoms with van der Waals surface area (Å²) >= 11 is 1.61. The minimum atomic E-state index is -0.732. The molecule has 0 aromatic carbocycles. The molecular formula is C26H39N3O6S. The van der Waals surface area contributed by atoms with Crippen LogP contribution in [0.25, 0.3) is 0 Å². The van der Waals surface area contributed by atoms with Crippen molar-refractivity contribution in [2.45, 2.75) is 41.7 Å². The lowest BCUT2D eigenvalue weighted by atomic mass is 9.66. The SMILES string of the molecule is C=CCCOC(=O)[C@H]1[C@H]2C(=O)N(CCO)C(C(=O)N(CC=C)CCN3CCOCC3)C23CC[C@]1(C)S3. The number of amides is 2. The maximum Gasteiger partial charge on any atom is 0.311 e. The molecular weight excluding hydrogens is 482 g/mol. The van der Waals surface area contributed by atoms with Gasteiger partial charge in [-0.25, -0.2) is 0 Å². The minimum Gasteiger partial charge on any atom is -0.465 e. The van der Waals surface area contributed by atoms with E-state index in [1.165, 1.54) is 4.90 Å². The predicted molar refractivity (Wildman–Crippen MR) is 137 cm³/mol. The Morgan fingerprint density at radius 3 is 2.67 bits per heavy atom. The highest BCUT2D eigenvalue weighted by atomic mass is 32.2. The van der Waals surface area contributed by atoms with Crippen LogP contribution in [0.5, 0.6) is 0 Å². The molecule has 1 N–H and O–H groups in total. The van der Waals surface area contributed by atoms with Crippen molar-refractivity contribution in [3.63, 3.8) is 0 Å². The lowest BCUT2D eigenvalue weighted by Crippen LogP contribution is -2.56. The largest absolute Gasteiger partial charge is 0.465 e. The standard InChI is InChI=1S/C26H39N3O6S/c1-4-6-16-35-24(33)20-19-22(31)29(12-15-30)21(26(19)8-7-25(20,3)36-26)23(32)28(9-5-2)11-10-27-13-17-34-18-14-27/h4-5,19-21,30H,1-2,6-18H2,3H3/t19-,20+,21?,25-,26?/m0/s1. The van der Waals surface area contributed by atoms with Crippen LogP contribution in [0, 0.1) is 11.8 Å². The zero-order valence-electron chi connectivity index (χ0n) is 21.2. The van der Waals surface area contributed by atoms with Crippen molar-refractivity contribution in [2.24, 2.45) is 11.8 Å². The smallest absolute Gasteiger partial charge is 0.311 e. The molecule has 2 bridgehead atoms. The van der Waals surface area contributed by atoms with E-state index in [2.05, 4.69) is 18.1 Å². The average molecular weight is 522 g/mol. The Morgan fingerprint density at radius 2 is 2.00 bits per heavy atom. The Balaban J connectivity index is 1.61. The lowest BCUT2D eigenvalue weighted by molar-refractivity contribution is -0.155. The molecule has 2 unspecified atom stereocenters. The molecule has 4 aliphatic heterocycles. The zero-order valence-corrected chi connectivity index (χ0v) is 22.0. The summed E-state index contributed by atoms with van der Waals surface area (Å²) in [6.45, 7) is 14.2. The van der Waals surface area contributed by atoms with E-state index >= 15 is 0 Å². The summed E-state index contributed by atoms with van der Waals surface area (Å²) in [5.41, 5.74) is 0. The number of carbonyl (C=O) groups excluding carboxylic acids is 3. The van der Waals surface area contributed by atoms with Crippen molar-refractivity contribution in [3.05, 3.63) is 25.3 Å². The predicted octanol–water partition coefficient (Wildman–Crippen LogP) is 0.926. The normalized spacial score (nSPS) is 33.4. The second-order valence-electron chi connectivity index (χ2n) is 10.3. The lowest BCUT2D eigenvalue weighted by Gasteiger charge is -2.38. The molecule has 5 atom stereocenters. The number of thioether (sulfide) groups is 1. The number of carbonyl (C=O) groups is 3. The van der Waals surface area contributed by atoms with E-state index in [-0.39, 0.29) is 37.5 Å². The number of ether oxygens (including phenoxy) is 2. The second-order valence-corrected chi connectivity index (χ2v) is 12.2. The molecule has 200 valence electrons. The van der Waals surface area contributed by atoms with Crippen LogP contribution in [-0.2, 0) is 23.9 Å². The van der Waals surface area contributed by atoms with Gasteiger partial charge in [-0.05, 0) is 26.2 Å². The summed E-state index contributed by atoms with van der Waals surface area (Å²) in [4.78, 5) is 46.8. The first-order valence-corrected chi connectivity index (χ1v) is 13.7. The highest BCUT2D eigenvalue weighted by molar-refractivity contribution is 8.02. The van der Waals surface area contributed by atoms with Crippen LogP contribution in [0.2, 0.25) is 0 Å². The van der Waals surface area contributed by atoms with E-state index in [9.17, 15) is 19.5 Å². The van der Waals surface area contributed by atoms with Crippen molar-refractivity contribution >= 4 is 29.5 Å². The summed E-state index contributed by atoms with van der Waals surface area (Å²) in [6.07, 6.45) is 5.35. The Bertz CT molecular complexity index is 880. The van der Waals surface area contributed by atoms with E-state index in [0.29, 0.717) is 45.7 Å². The highest BCUT2D eigenvalue weighted by Gasteiger charge is 2.77. The van der Waals surface area contributed by atoms with Gasteiger partial charge in [0.25, 0.3) is 0 Å². The quantitative estimate of drug-likeness (QED) is 0.230. The number of likely N-dealkylation sites (tertiary alicyclic amines) is 1. The first-order valence-electron chi connectivity index (χ1n) is 12.9. The molecule has 9 nitrogen and oxygen atoms in total. The summed E-state index contributed by atoms with van der Waals surface area (Å²) in [5.74, 6) is -1.99. The Labute approximate surface area is 217 Å². The van der Waals surface area contributed by atoms with Gasteiger partial charge in [0.15, 0.2) is 0 Å². The van der Waals surface area contributed by atoms with Crippen molar-refractivity contribution in [3.8, 4) is 0 Å². The molecule has 2 amide bonds. The molecule has 1 spiro atoms. The van der Waals surface area contributed by atoms with Crippen molar-refractivity contribution in [2.75, 3.05) is 65.7 Å². The molecule has 4 heterocycles. The van der Waals surface area contributed by atoms with E-state index in [0.717, 1.165) is 19.5 Å². The van der Waals surface area contributed by atoms with Crippen LogP contribution in [0.4, 0.5) is 0 Å². The van der Waals surface area contributed by atoms with Gasteiger partial charge < -0.3 is 24.4 Å². The number of hydrogen-bond acceptors (Lipinski definition) is 8. The monoisotopic (exact) mass is 521 g/mol. The topological polar surface area (TPSA) is 99.6 Å². The van der Waals surface area contributed by atoms with Gasteiger partial charge in [0, 0.05) is 44.0 Å². The molecule has 4 saturated heterocycles. The van der Waals surface area contributed by atoms with Gasteiger partial charge in [0.05, 0.1) is 43.0 Å². The summed E-state index contributed by atoms with van der Waals surface area (Å²) in [5, 5.41) is 9.80. The van der Waals surface area contributed by atoms with Crippen LogP contribution in [0.3, 0.4) is 0 Å². The van der Waals surface area contributed by atoms with Crippen molar-refractivity contribution in [1.29, 1.82) is 0 Å². The summed E-state index contributed by atoms with van der Waals surface area (Å²) < 4.78 is 9.81. The number of nitrogens with zero attached hydrogens (tertiary/aromatic N) is 3. The van der Waals surface area contributed by atoms with Gasteiger partial charge in [0.2, 0.25) is 11.8 Å². The number of rotatable bonds is 12. The molecule has 0 aliphatic carbocycles.